The molecule has 4 heteroatoms. The molecule has 1 heterocycles. The highest BCUT2D eigenvalue weighted by molar-refractivity contribution is 9.09. The minimum Gasteiger partial charge on any atom is -0.270 e. The van der Waals surface area contributed by atoms with Crippen molar-refractivity contribution in [1.82, 2.24) is 9.78 Å². The summed E-state index contributed by atoms with van der Waals surface area (Å²) in [5.41, 5.74) is 1.51. The van der Waals surface area contributed by atoms with Gasteiger partial charge in [-0.25, -0.2) is 0 Å². The van der Waals surface area contributed by atoms with E-state index in [2.05, 4.69) is 69.6 Å². The molecule has 0 saturated heterocycles. The van der Waals surface area contributed by atoms with E-state index >= 15 is 0 Å². The van der Waals surface area contributed by atoms with Crippen molar-refractivity contribution in [2.24, 2.45) is 5.41 Å². The predicted octanol–water partition coefficient (Wildman–Crippen LogP) is 4.97. The van der Waals surface area contributed by atoms with Gasteiger partial charge in [-0.1, -0.05) is 52.1 Å². The number of alkyl halides is 2. The predicted molar refractivity (Wildman–Crippen MR) is 85.9 cm³/mol. The smallest absolute Gasteiger partial charge is 0.0630 e. The molecular weight excluding hydrogens is 356 g/mol. The third-order valence-corrected chi connectivity index (χ3v) is 5.99. The largest absolute Gasteiger partial charge is 0.270 e. The van der Waals surface area contributed by atoms with Crippen molar-refractivity contribution in [2.75, 3.05) is 10.7 Å². The first-order valence-electron chi connectivity index (χ1n) is 6.76. The van der Waals surface area contributed by atoms with Crippen molar-refractivity contribution in [2.45, 2.75) is 52.5 Å². The van der Waals surface area contributed by atoms with Crippen LogP contribution in [0.1, 0.15) is 51.8 Å². The second-order valence-corrected chi connectivity index (χ2v) is 6.36. The minimum absolute atomic E-state index is 0.295. The zero-order valence-corrected chi connectivity index (χ0v) is 14.8. The minimum atomic E-state index is 0.295. The molecule has 1 atom stereocenters. The fourth-order valence-electron chi connectivity index (χ4n) is 2.17. The normalized spacial score (nSPS) is 13.8. The van der Waals surface area contributed by atoms with Crippen molar-refractivity contribution in [3.8, 4) is 0 Å². The number of hydrogen-bond acceptors (Lipinski definition) is 1. The van der Waals surface area contributed by atoms with Crippen LogP contribution in [-0.2, 0) is 6.42 Å². The van der Waals surface area contributed by atoms with E-state index in [9.17, 15) is 0 Å². The summed E-state index contributed by atoms with van der Waals surface area (Å²) in [6, 6.07) is 2.66. The first kappa shape index (κ1) is 16.2. The highest BCUT2D eigenvalue weighted by Crippen LogP contribution is 2.32. The number of aromatic nitrogens is 2. The van der Waals surface area contributed by atoms with Crippen LogP contribution in [0.2, 0.25) is 0 Å². The fraction of sp³-hybridized carbons (Fsp3) is 0.786. The second kappa shape index (κ2) is 7.68. The van der Waals surface area contributed by atoms with E-state index in [-0.39, 0.29) is 0 Å². The Morgan fingerprint density at radius 1 is 1.33 bits per heavy atom. The second-order valence-electron chi connectivity index (χ2n) is 5.24. The highest BCUT2D eigenvalue weighted by atomic mass is 79.9. The molecule has 0 spiro atoms. The monoisotopic (exact) mass is 378 g/mol. The zero-order valence-electron chi connectivity index (χ0n) is 11.6. The molecule has 0 aromatic carbocycles. The van der Waals surface area contributed by atoms with E-state index in [1.807, 2.05) is 0 Å². The lowest BCUT2D eigenvalue weighted by Crippen LogP contribution is -2.27. The van der Waals surface area contributed by atoms with E-state index in [0.717, 1.165) is 23.5 Å². The van der Waals surface area contributed by atoms with Crippen LogP contribution in [0.5, 0.6) is 0 Å². The van der Waals surface area contributed by atoms with Crippen LogP contribution >= 0.6 is 31.9 Å². The number of halogens is 2. The third kappa shape index (κ3) is 4.09. The molecule has 1 aromatic heterocycles. The van der Waals surface area contributed by atoms with Gasteiger partial charge in [0.2, 0.25) is 0 Å². The van der Waals surface area contributed by atoms with Crippen LogP contribution in [0.3, 0.4) is 0 Å². The van der Waals surface area contributed by atoms with Gasteiger partial charge in [0, 0.05) is 22.9 Å². The average molecular weight is 380 g/mol. The van der Waals surface area contributed by atoms with Crippen LogP contribution < -0.4 is 0 Å². The summed E-state index contributed by atoms with van der Waals surface area (Å²) >= 11 is 7.35. The van der Waals surface area contributed by atoms with E-state index in [1.54, 1.807) is 0 Å². The quantitative estimate of drug-likeness (QED) is 0.582. The first-order valence-corrected chi connectivity index (χ1v) is 9.01. The summed E-state index contributed by atoms with van der Waals surface area (Å²) in [5, 5.41) is 6.77. The maximum atomic E-state index is 4.72. The van der Waals surface area contributed by atoms with Gasteiger partial charge in [-0.15, -0.1) is 0 Å². The molecule has 1 rings (SSSR count). The van der Waals surface area contributed by atoms with Crippen LogP contribution in [0, 0.1) is 5.41 Å². The molecule has 0 radical (unpaired) electrons. The fourth-order valence-corrected chi connectivity index (χ4v) is 4.06. The summed E-state index contributed by atoms with van der Waals surface area (Å²) in [6.45, 7) is 6.66. The van der Waals surface area contributed by atoms with Gasteiger partial charge in [-0.05, 0) is 37.7 Å². The van der Waals surface area contributed by atoms with Crippen molar-refractivity contribution in [3.63, 3.8) is 0 Å². The van der Waals surface area contributed by atoms with Gasteiger partial charge in [0.05, 0.1) is 5.69 Å². The molecule has 0 saturated carbocycles. The van der Waals surface area contributed by atoms with Gasteiger partial charge in [0.1, 0.15) is 0 Å². The molecule has 0 bridgehead atoms. The van der Waals surface area contributed by atoms with Crippen molar-refractivity contribution < 1.29 is 0 Å². The van der Waals surface area contributed by atoms with Crippen molar-refractivity contribution >= 4 is 31.9 Å². The van der Waals surface area contributed by atoms with E-state index < -0.39 is 0 Å². The van der Waals surface area contributed by atoms with Gasteiger partial charge in [-0.3, -0.25) is 4.68 Å². The maximum absolute atomic E-state index is 4.72. The van der Waals surface area contributed by atoms with Crippen LogP contribution in [0.4, 0.5) is 0 Å². The lowest BCUT2D eigenvalue weighted by atomic mass is 9.83. The summed E-state index contributed by atoms with van der Waals surface area (Å²) in [7, 11) is 0. The van der Waals surface area contributed by atoms with Gasteiger partial charge < -0.3 is 0 Å². The average Bonchev–Trinajstić information content (AvgIpc) is 2.85. The summed E-state index contributed by atoms with van der Waals surface area (Å²) in [5.74, 6) is 0. The highest BCUT2D eigenvalue weighted by Gasteiger charge is 2.28. The van der Waals surface area contributed by atoms with Gasteiger partial charge >= 0.3 is 0 Å². The molecule has 0 aliphatic heterocycles. The Bertz CT molecular complexity index is 345. The Kier molecular flexibility index (Phi) is 6.93. The summed E-state index contributed by atoms with van der Waals surface area (Å²) in [4.78, 5) is 0. The molecule has 0 N–H and O–H groups in total. The first-order chi connectivity index (χ1) is 8.60. The molecular formula is C14H24Br2N2. The lowest BCUT2D eigenvalue weighted by Gasteiger charge is -2.28. The van der Waals surface area contributed by atoms with Crippen molar-refractivity contribution in [3.05, 3.63) is 18.0 Å². The Balaban J connectivity index is 2.78. The zero-order chi connectivity index (χ0) is 13.6. The molecule has 1 unspecified atom stereocenters. The van der Waals surface area contributed by atoms with Crippen LogP contribution in [0.25, 0.3) is 0 Å². The SMILES string of the molecule is CCCC(CBr)(CBr)Cc1ccn(C(C)CC)n1. The molecule has 104 valence electrons. The van der Waals surface area contributed by atoms with E-state index in [1.165, 1.54) is 18.5 Å². The molecule has 18 heavy (non-hydrogen) atoms. The van der Waals surface area contributed by atoms with Crippen molar-refractivity contribution in [1.29, 1.82) is 0 Å². The van der Waals surface area contributed by atoms with Gasteiger partial charge in [0.25, 0.3) is 0 Å². The summed E-state index contributed by atoms with van der Waals surface area (Å²) in [6.07, 6.45) is 6.71. The third-order valence-electron chi connectivity index (χ3n) is 3.61. The lowest BCUT2D eigenvalue weighted by molar-refractivity contribution is 0.345. The van der Waals surface area contributed by atoms with E-state index in [0.29, 0.717) is 11.5 Å². The number of nitrogens with zero attached hydrogens (tertiary/aromatic N) is 2. The van der Waals surface area contributed by atoms with Gasteiger partial charge in [0.15, 0.2) is 0 Å². The number of rotatable bonds is 8. The van der Waals surface area contributed by atoms with E-state index in [4.69, 9.17) is 5.10 Å². The molecule has 1 aromatic rings. The Labute approximate surface area is 128 Å². The molecule has 2 nitrogen and oxygen atoms in total. The molecule has 0 amide bonds. The van der Waals surface area contributed by atoms with Gasteiger partial charge in [-0.2, -0.15) is 5.10 Å². The molecule has 0 aliphatic rings. The van der Waals surface area contributed by atoms with Crippen LogP contribution in [0.15, 0.2) is 12.3 Å². The number of hydrogen-bond donors (Lipinski definition) is 0. The topological polar surface area (TPSA) is 17.8 Å². The summed E-state index contributed by atoms with van der Waals surface area (Å²) < 4.78 is 2.09. The Hall–Kier alpha value is 0.170. The Morgan fingerprint density at radius 2 is 2.00 bits per heavy atom. The Morgan fingerprint density at radius 3 is 2.50 bits per heavy atom. The maximum Gasteiger partial charge on any atom is 0.0630 e. The van der Waals surface area contributed by atoms with Crippen LogP contribution in [-0.4, -0.2) is 20.4 Å². The standard InChI is InChI=1S/C14H24Br2N2/c1-4-7-14(10-15,11-16)9-13-6-8-18(17-13)12(3)5-2/h6,8,12H,4-5,7,9-11H2,1-3H3. The molecule has 0 fully saturated rings. The molecule has 0 aliphatic carbocycles.